The molecule has 0 N–H and O–H groups in total. The maximum atomic E-state index is 12.9. The lowest BCUT2D eigenvalue weighted by molar-refractivity contribution is -0.0956. The molecule has 25 heavy (non-hydrogen) atoms. The van der Waals surface area contributed by atoms with Gasteiger partial charge in [-0.05, 0) is 43.7 Å². The van der Waals surface area contributed by atoms with Crippen LogP contribution in [0.3, 0.4) is 0 Å². The average molecular weight is 348 g/mol. The first-order valence-electron chi connectivity index (χ1n) is 9.14. The Morgan fingerprint density at radius 3 is 2.92 bits per heavy atom. The molecule has 1 amide bonds. The van der Waals surface area contributed by atoms with Gasteiger partial charge in [-0.2, -0.15) is 0 Å². The van der Waals surface area contributed by atoms with Gasteiger partial charge in [-0.25, -0.2) is 4.98 Å². The average Bonchev–Trinajstić information content (AvgIpc) is 2.67. The van der Waals surface area contributed by atoms with Gasteiger partial charge in [0.25, 0.3) is 5.91 Å². The third kappa shape index (κ3) is 3.80. The van der Waals surface area contributed by atoms with Gasteiger partial charge in [0.15, 0.2) is 0 Å². The minimum absolute atomic E-state index is 0.00761. The molecule has 3 heterocycles. The van der Waals surface area contributed by atoms with Crippen LogP contribution in [0.1, 0.15) is 36.5 Å². The van der Waals surface area contributed by atoms with Crippen LogP contribution in [0.2, 0.25) is 0 Å². The smallest absolute Gasteiger partial charge is 0.259 e. The molecule has 0 aromatic carbocycles. The van der Waals surface area contributed by atoms with Crippen molar-refractivity contribution in [3.05, 3.63) is 23.9 Å². The predicted octanol–water partition coefficient (Wildman–Crippen LogP) is 2.39. The molecule has 0 aliphatic carbocycles. The number of carbonyl (C=O) groups excluding carboxylic acids is 1. The summed E-state index contributed by atoms with van der Waals surface area (Å²) in [6, 6.07) is 3.56. The first-order chi connectivity index (χ1) is 12.2. The van der Waals surface area contributed by atoms with Crippen LogP contribution in [-0.4, -0.2) is 62.4 Å². The monoisotopic (exact) mass is 348 g/mol. The molecule has 1 aromatic rings. The fourth-order valence-corrected chi connectivity index (χ4v) is 4.07. The first kappa shape index (κ1) is 18.1. The van der Waals surface area contributed by atoms with Crippen molar-refractivity contribution in [2.45, 2.75) is 26.2 Å². The second-order valence-corrected chi connectivity index (χ2v) is 6.90. The molecule has 1 aromatic heterocycles. The number of carbonyl (C=O) groups is 1. The maximum absolute atomic E-state index is 12.9. The van der Waals surface area contributed by atoms with E-state index in [1.807, 2.05) is 11.8 Å². The molecular weight excluding hydrogens is 320 g/mol. The highest BCUT2D eigenvalue weighted by Crippen LogP contribution is 2.45. The lowest BCUT2D eigenvalue weighted by atomic mass is 9.66. The molecule has 2 aliphatic rings. The quantitative estimate of drug-likeness (QED) is 0.818. The molecule has 6 heteroatoms. The summed E-state index contributed by atoms with van der Waals surface area (Å²) < 4.78 is 16.6. The van der Waals surface area contributed by atoms with Gasteiger partial charge in [-0.3, -0.25) is 4.79 Å². The zero-order chi connectivity index (χ0) is 17.7. The van der Waals surface area contributed by atoms with Gasteiger partial charge in [0.05, 0.1) is 20.3 Å². The summed E-state index contributed by atoms with van der Waals surface area (Å²) in [6.07, 6.45) is 4.70. The first-order valence-corrected chi connectivity index (χ1v) is 9.14. The summed E-state index contributed by atoms with van der Waals surface area (Å²) in [7, 11) is 1.55. The van der Waals surface area contributed by atoms with Gasteiger partial charge >= 0.3 is 0 Å². The molecule has 2 fully saturated rings. The van der Waals surface area contributed by atoms with Crippen LogP contribution in [0.25, 0.3) is 0 Å². The van der Waals surface area contributed by atoms with Crippen molar-refractivity contribution in [2.75, 3.05) is 46.6 Å². The molecule has 6 nitrogen and oxygen atoms in total. The standard InChI is InChI=1S/C19H28N2O4/c1-3-24-13-15-14-25-12-8-19(15)6-10-21(11-7-19)18(22)16-5-4-9-20-17(16)23-2/h4-5,9,15H,3,6-8,10-14H2,1-2H3/t15-/m0/s1. The van der Waals surface area contributed by atoms with Crippen LogP contribution < -0.4 is 4.74 Å². The molecule has 0 saturated carbocycles. The second-order valence-electron chi connectivity index (χ2n) is 6.90. The van der Waals surface area contributed by atoms with E-state index in [0.717, 1.165) is 58.8 Å². The Bertz CT molecular complexity index is 585. The molecule has 0 bridgehead atoms. The number of piperidine rings is 1. The highest BCUT2D eigenvalue weighted by molar-refractivity contribution is 5.96. The van der Waals surface area contributed by atoms with Crippen molar-refractivity contribution >= 4 is 5.91 Å². The third-order valence-electron chi connectivity index (χ3n) is 5.69. The summed E-state index contributed by atoms with van der Waals surface area (Å²) in [6.45, 7) is 6.62. The molecule has 1 atom stereocenters. The van der Waals surface area contributed by atoms with Crippen LogP contribution in [0.4, 0.5) is 0 Å². The number of likely N-dealkylation sites (tertiary alicyclic amines) is 1. The van der Waals surface area contributed by atoms with E-state index >= 15 is 0 Å². The van der Waals surface area contributed by atoms with Gasteiger partial charge in [0, 0.05) is 38.4 Å². The predicted molar refractivity (Wildman–Crippen MR) is 93.8 cm³/mol. The fourth-order valence-electron chi connectivity index (χ4n) is 4.07. The molecule has 138 valence electrons. The highest BCUT2D eigenvalue weighted by Gasteiger charge is 2.44. The van der Waals surface area contributed by atoms with Crippen molar-refractivity contribution in [1.29, 1.82) is 0 Å². The van der Waals surface area contributed by atoms with Crippen LogP contribution in [0.15, 0.2) is 18.3 Å². The molecule has 0 radical (unpaired) electrons. The van der Waals surface area contributed by atoms with Gasteiger partial charge in [0.1, 0.15) is 5.56 Å². The van der Waals surface area contributed by atoms with E-state index in [4.69, 9.17) is 14.2 Å². The van der Waals surface area contributed by atoms with E-state index in [9.17, 15) is 4.79 Å². The number of rotatable bonds is 5. The van der Waals surface area contributed by atoms with Crippen LogP contribution in [0.5, 0.6) is 5.88 Å². The number of methoxy groups -OCH3 is 1. The summed E-state index contributed by atoms with van der Waals surface area (Å²) in [5, 5.41) is 0. The van der Waals surface area contributed by atoms with Crippen molar-refractivity contribution in [1.82, 2.24) is 9.88 Å². The number of ether oxygens (including phenoxy) is 3. The normalized spacial score (nSPS) is 22.8. The lowest BCUT2D eigenvalue weighted by Gasteiger charge is -2.49. The number of hydrogen-bond acceptors (Lipinski definition) is 5. The molecule has 2 aliphatic heterocycles. The lowest BCUT2D eigenvalue weighted by Crippen LogP contribution is -2.50. The van der Waals surface area contributed by atoms with Gasteiger partial charge in [-0.15, -0.1) is 0 Å². The van der Waals surface area contributed by atoms with Gasteiger partial charge in [-0.1, -0.05) is 0 Å². The summed E-state index contributed by atoms with van der Waals surface area (Å²) in [5.41, 5.74) is 0.780. The topological polar surface area (TPSA) is 60.9 Å². The van der Waals surface area contributed by atoms with E-state index in [1.54, 1.807) is 25.4 Å². The second kappa shape index (κ2) is 8.15. The molecule has 1 spiro atoms. The van der Waals surface area contributed by atoms with Gasteiger partial charge < -0.3 is 19.1 Å². The number of nitrogens with zero attached hydrogens (tertiary/aromatic N) is 2. The Balaban J connectivity index is 1.67. The summed E-state index contributed by atoms with van der Waals surface area (Å²) >= 11 is 0. The number of aromatic nitrogens is 1. The van der Waals surface area contributed by atoms with Gasteiger partial charge in [0.2, 0.25) is 5.88 Å². The Labute approximate surface area is 149 Å². The van der Waals surface area contributed by atoms with Crippen molar-refractivity contribution in [3.63, 3.8) is 0 Å². The van der Waals surface area contributed by atoms with Crippen LogP contribution >= 0.6 is 0 Å². The summed E-state index contributed by atoms with van der Waals surface area (Å²) in [4.78, 5) is 18.9. The molecule has 3 rings (SSSR count). The Kier molecular flexibility index (Phi) is 5.91. The Hall–Kier alpha value is -1.66. The number of pyridine rings is 1. The largest absolute Gasteiger partial charge is 0.480 e. The fraction of sp³-hybridized carbons (Fsp3) is 0.684. The number of amides is 1. The van der Waals surface area contributed by atoms with Crippen LogP contribution in [0, 0.1) is 11.3 Å². The van der Waals surface area contributed by atoms with E-state index in [2.05, 4.69) is 4.98 Å². The van der Waals surface area contributed by atoms with Crippen molar-refractivity contribution < 1.29 is 19.0 Å². The SMILES string of the molecule is CCOC[C@H]1COCCC12CCN(C(=O)c1cccnc1OC)CC2. The van der Waals surface area contributed by atoms with Crippen LogP contribution in [-0.2, 0) is 9.47 Å². The maximum Gasteiger partial charge on any atom is 0.259 e. The minimum Gasteiger partial charge on any atom is -0.480 e. The van der Waals surface area contributed by atoms with Crippen molar-refractivity contribution in [3.8, 4) is 5.88 Å². The van der Waals surface area contributed by atoms with E-state index < -0.39 is 0 Å². The third-order valence-corrected chi connectivity index (χ3v) is 5.69. The number of hydrogen-bond donors (Lipinski definition) is 0. The molecule has 0 unspecified atom stereocenters. The molecular formula is C19H28N2O4. The van der Waals surface area contributed by atoms with E-state index in [1.165, 1.54) is 0 Å². The minimum atomic E-state index is 0.00761. The highest BCUT2D eigenvalue weighted by atomic mass is 16.5. The van der Waals surface area contributed by atoms with E-state index in [0.29, 0.717) is 17.4 Å². The Morgan fingerprint density at radius 2 is 2.20 bits per heavy atom. The Morgan fingerprint density at radius 1 is 1.40 bits per heavy atom. The zero-order valence-corrected chi connectivity index (χ0v) is 15.2. The summed E-state index contributed by atoms with van der Waals surface area (Å²) in [5.74, 6) is 0.827. The van der Waals surface area contributed by atoms with Crippen molar-refractivity contribution in [2.24, 2.45) is 11.3 Å². The molecule has 2 saturated heterocycles. The zero-order valence-electron chi connectivity index (χ0n) is 15.2. The van der Waals surface area contributed by atoms with E-state index in [-0.39, 0.29) is 11.3 Å².